The van der Waals surface area contributed by atoms with Gasteiger partial charge in [-0.15, -0.1) is 24.8 Å². The van der Waals surface area contributed by atoms with E-state index in [0.717, 1.165) is 18.9 Å². The Morgan fingerprint density at radius 1 is 1.40 bits per heavy atom. The second-order valence-corrected chi connectivity index (χ2v) is 4.02. The summed E-state index contributed by atoms with van der Waals surface area (Å²) >= 11 is 0. The number of carbonyl (C=O) groups excluding carboxylic acids is 1. The van der Waals surface area contributed by atoms with Crippen LogP contribution in [-0.2, 0) is 4.74 Å². The van der Waals surface area contributed by atoms with Crippen LogP contribution in [0.5, 0.6) is 0 Å². The molecule has 114 valence electrons. The highest BCUT2D eigenvalue weighted by molar-refractivity contribution is 5.98. The number of hydrogen-bond acceptors (Lipinski definition) is 5. The van der Waals surface area contributed by atoms with Crippen LogP contribution in [0.2, 0.25) is 0 Å². The van der Waals surface area contributed by atoms with Crippen molar-refractivity contribution < 1.29 is 9.53 Å². The molecule has 0 atom stereocenters. The van der Waals surface area contributed by atoms with E-state index in [1.54, 1.807) is 18.3 Å². The van der Waals surface area contributed by atoms with E-state index in [-0.39, 0.29) is 30.7 Å². The third kappa shape index (κ3) is 4.79. The zero-order chi connectivity index (χ0) is 12.8. The molecule has 0 saturated carbocycles. The lowest BCUT2D eigenvalue weighted by Crippen LogP contribution is -2.39. The van der Waals surface area contributed by atoms with E-state index in [0.29, 0.717) is 31.9 Å². The van der Waals surface area contributed by atoms with Crippen LogP contribution in [-0.4, -0.2) is 50.3 Å². The Kier molecular flexibility index (Phi) is 9.24. The maximum atomic E-state index is 12.0. The van der Waals surface area contributed by atoms with Crippen LogP contribution in [0, 0.1) is 0 Å². The van der Waals surface area contributed by atoms with Gasteiger partial charge in [0.05, 0.1) is 18.8 Å². The molecule has 0 bridgehead atoms. The summed E-state index contributed by atoms with van der Waals surface area (Å²) in [5.41, 5.74) is 5.97. The summed E-state index contributed by atoms with van der Waals surface area (Å²) in [5, 5.41) is 2.77. The molecule has 1 fully saturated rings. The number of carbonyl (C=O) groups is 1. The standard InChI is InChI=1S/C12H18N4O2.2ClH/c13-3-5-15-12(17)10-2-1-4-14-11(10)16-6-8-18-9-7-16;;/h1-2,4H,3,5-9,13H2,(H,15,17);2*1H. The molecule has 0 aliphatic carbocycles. The average Bonchev–Trinajstić information content (AvgIpc) is 2.45. The molecule has 20 heavy (non-hydrogen) atoms. The smallest absolute Gasteiger partial charge is 0.255 e. The van der Waals surface area contributed by atoms with Crippen molar-refractivity contribution in [3.63, 3.8) is 0 Å². The molecule has 6 nitrogen and oxygen atoms in total. The number of anilines is 1. The molecular weight excluding hydrogens is 303 g/mol. The molecule has 0 aromatic carbocycles. The summed E-state index contributed by atoms with van der Waals surface area (Å²) < 4.78 is 5.30. The second kappa shape index (κ2) is 9.77. The number of morpholine rings is 1. The van der Waals surface area contributed by atoms with Gasteiger partial charge in [0.25, 0.3) is 5.91 Å². The van der Waals surface area contributed by atoms with Crippen molar-refractivity contribution in [1.82, 2.24) is 10.3 Å². The lowest BCUT2D eigenvalue weighted by atomic mass is 10.2. The monoisotopic (exact) mass is 322 g/mol. The molecule has 3 N–H and O–H groups in total. The van der Waals surface area contributed by atoms with Crippen LogP contribution in [0.25, 0.3) is 0 Å². The first-order valence-electron chi connectivity index (χ1n) is 6.09. The molecule has 2 rings (SSSR count). The first-order valence-corrected chi connectivity index (χ1v) is 6.09. The van der Waals surface area contributed by atoms with Gasteiger partial charge in [0.2, 0.25) is 0 Å². The molecular formula is C12H20Cl2N4O2. The average molecular weight is 323 g/mol. The van der Waals surface area contributed by atoms with E-state index < -0.39 is 0 Å². The SMILES string of the molecule is Cl.Cl.NCCNC(=O)c1cccnc1N1CCOCC1. The van der Waals surface area contributed by atoms with Crippen LogP contribution in [0.4, 0.5) is 5.82 Å². The number of pyridine rings is 1. The first-order chi connectivity index (χ1) is 8.83. The molecule has 1 aromatic rings. The number of rotatable bonds is 4. The first kappa shape index (κ1) is 18.9. The zero-order valence-corrected chi connectivity index (χ0v) is 12.7. The minimum absolute atomic E-state index is 0. The van der Waals surface area contributed by atoms with Crippen molar-refractivity contribution in [3.8, 4) is 0 Å². The summed E-state index contributed by atoms with van der Waals surface area (Å²) in [4.78, 5) is 18.4. The number of amides is 1. The number of nitrogens with two attached hydrogens (primary N) is 1. The van der Waals surface area contributed by atoms with Gasteiger partial charge in [0, 0.05) is 32.4 Å². The normalized spacial score (nSPS) is 13.9. The third-order valence-corrected chi connectivity index (χ3v) is 2.77. The molecule has 1 aliphatic heterocycles. The van der Waals surface area contributed by atoms with Gasteiger partial charge in [-0.1, -0.05) is 0 Å². The lowest BCUT2D eigenvalue weighted by molar-refractivity contribution is 0.0952. The van der Waals surface area contributed by atoms with E-state index in [1.807, 2.05) is 0 Å². The maximum absolute atomic E-state index is 12.0. The summed E-state index contributed by atoms with van der Waals surface area (Å²) in [5.74, 6) is 0.588. The number of aromatic nitrogens is 1. The highest BCUT2D eigenvalue weighted by Crippen LogP contribution is 2.18. The van der Waals surface area contributed by atoms with Crippen molar-refractivity contribution in [1.29, 1.82) is 0 Å². The number of ether oxygens (including phenoxy) is 1. The summed E-state index contributed by atoms with van der Waals surface area (Å²) in [6.07, 6.45) is 1.70. The fourth-order valence-corrected chi connectivity index (χ4v) is 1.88. The zero-order valence-electron chi connectivity index (χ0n) is 11.1. The third-order valence-electron chi connectivity index (χ3n) is 2.77. The van der Waals surface area contributed by atoms with Crippen molar-refractivity contribution in [2.24, 2.45) is 5.73 Å². The number of nitrogens with zero attached hydrogens (tertiary/aromatic N) is 2. The Hall–Kier alpha value is -1.08. The van der Waals surface area contributed by atoms with E-state index in [4.69, 9.17) is 10.5 Å². The largest absolute Gasteiger partial charge is 0.378 e. The highest BCUT2D eigenvalue weighted by Gasteiger charge is 2.19. The molecule has 1 aliphatic rings. The van der Waals surface area contributed by atoms with Crippen LogP contribution in [0.1, 0.15) is 10.4 Å². The number of halogens is 2. The minimum atomic E-state index is -0.130. The molecule has 1 aromatic heterocycles. The van der Waals surface area contributed by atoms with Crippen LogP contribution in [0.3, 0.4) is 0 Å². The molecule has 0 unspecified atom stereocenters. The van der Waals surface area contributed by atoms with E-state index >= 15 is 0 Å². The predicted octanol–water partition coefficient (Wildman–Crippen LogP) is 0.450. The second-order valence-electron chi connectivity index (χ2n) is 4.02. The highest BCUT2D eigenvalue weighted by atomic mass is 35.5. The molecule has 1 saturated heterocycles. The molecule has 1 amide bonds. The molecule has 0 radical (unpaired) electrons. The van der Waals surface area contributed by atoms with Crippen LogP contribution >= 0.6 is 24.8 Å². The van der Waals surface area contributed by atoms with E-state index in [1.165, 1.54) is 0 Å². The van der Waals surface area contributed by atoms with Crippen molar-refractivity contribution in [2.45, 2.75) is 0 Å². The summed E-state index contributed by atoms with van der Waals surface area (Å²) in [6, 6.07) is 3.55. The summed E-state index contributed by atoms with van der Waals surface area (Å²) in [6.45, 7) is 3.75. The van der Waals surface area contributed by atoms with Gasteiger partial charge in [-0.2, -0.15) is 0 Å². The van der Waals surface area contributed by atoms with E-state index in [9.17, 15) is 4.79 Å². The van der Waals surface area contributed by atoms with Crippen molar-refractivity contribution >= 4 is 36.5 Å². The Bertz CT molecular complexity index is 414. The molecule has 0 spiro atoms. The number of hydrogen-bond donors (Lipinski definition) is 2. The Morgan fingerprint density at radius 2 is 2.10 bits per heavy atom. The fourth-order valence-electron chi connectivity index (χ4n) is 1.88. The van der Waals surface area contributed by atoms with Gasteiger partial charge in [0.1, 0.15) is 5.82 Å². The number of nitrogens with one attached hydrogen (secondary N) is 1. The topological polar surface area (TPSA) is 80.5 Å². The van der Waals surface area contributed by atoms with Gasteiger partial charge in [-0.05, 0) is 12.1 Å². The van der Waals surface area contributed by atoms with Gasteiger partial charge < -0.3 is 20.7 Å². The van der Waals surface area contributed by atoms with E-state index in [2.05, 4.69) is 15.2 Å². The van der Waals surface area contributed by atoms with Gasteiger partial charge in [-0.3, -0.25) is 4.79 Å². The summed E-state index contributed by atoms with van der Waals surface area (Å²) in [7, 11) is 0. The molecule has 2 heterocycles. The van der Waals surface area contributed by atoms with Gasteiger partial charge in [-0.25, -0.2) is 4.98 Å². The minimum Gasteiger partial charge on any atom is -0.378 e. The van der Waals surface area contributed by atoms with Crippen LogP contribution < -0.4 is 16.0 Å². The quantitative estimate of drug-likeness (QED) is 0.841. The Labute approximate surface area is 130 Å². The Balaban J connectivity index is 0.00000180. The van der Waals surface area contributed by atoms with Gasteiger partial charge in [0.15, 0.2) is 0 Å². The van der Waals surface area contributed by atoms with Gasteiger partial charge >= 0.3 is 0 Å². The van der Waals surface area contributed by atoms with Crippen molar-refractivity contribution in [2.75, 3.05) is 44.3 Å². The maximum Gasteiger partial charge on any atom is 0.255 e. The lowest BCUT2D eigenvalue weighted by Gasteiger charge is -2.29. The Morgan fingerprint density at radius 3 is 2.75 bits per heavy atom. The fraction of sp³-hybridized carbons (Fsp3) is 0.500. The van der Waals surface area contributed by atoms with Crippen molar-refractivity contribution in [3.05, 3.63) is 23.9 Å². The molecule has 8 heteroatoms. The van der Waals surface area contributed by atoms with Crippen LogP contribution in [0.15, 0.2) is 18.3 Å². The predicted molar refractivity (Wildman–Crippen MR) is 83.2 cm³/mol.